The van der Waals surface area contributed by atoms with Gasteiger partial charge in [0.05, 0.1) is 16.4 Å². The topological polar surface area (TPSA) is 110 Å². The third kappa shape index (κ3) is 3.21. The van der Waals surface area contributed by atoms with Crippen LogP contribution in [0.2, 0.25) is 0 Å². The van der Waals surface area contributed by atoms with Gasteiger partial charge in [0.25, 0.3) is 15.5 Å². The zero-order valence-corrected chi connectivity index (χ0v) is 12.1. The van der Waals surface area contributed by atoms with E-state index in [1.807, 2.05) is 0 Å². The zero-order valence-electron chi connectivity index (χ0n) is 11.3. The van der Waals surface area contributed by atoms with Crippen LogP contribution in [0, 0.1) is 10.1 Å². The monoisotopic (exact) mass is 353 g/mol. The number of amides is 1. The van der Waals surface area contributed by atoms with Gasteiger partial charge in [-0.1, -0.05) is 0 Å². The first-order valence-corrected chi connectivity index (χ1v) is 7.64. The maximum Gasteiger partial charge on any atom is 0.501 e. The fourth-order valence-electron chi connectivity index (χ4n) is 2.06. The highest BCUT2D eigenvalue weighted by molar-refractivity contribution is 7.92. The van der Waals surface area contributed by atoms with Crippen LogP contribution in [-0.4, -0.2) is 44.4 Å². The first-order valence-electron chi connectivity index (χ1n) is 6.15. The molecule has 1 saturated heterocycles. The summed E-state index contributed by atoms with van der Waals surface area (Å²) in [5.74, 6) is -0.405. The molecule has 23 heavy (non-hydrogen) atoms. The number of alkyl halides is 3. The van der Waals surface area contributed by atoms with E-state index in [1.54, 1.807) is 0 Å². The molecular weight excluding hydrogens is 343 g/mol. The average Bonchev–Trinajstić information content (AvgIpc) is 2.45. The Hall–Kier alpha value is -2.37. The minimum atomic E-state index is -5.69. The van der Waals surface area contributed by atoms with Crippen molar-refractivity contribution in [1.29, 1.82) is 0 Å². The largest absolute Gasteiger partial charge is 0.501 e. The van der Waals surface area contributed by atoms with Crippen LogP contribution in [-0.2, 0) is 14.6 Å². The predicted octanol–water partition coefficient (Wildman–Crippen LogP) is 0.825. The summed E-state index contributed by atoms with van der Waals surface area (Å²) in [6, 6.07) is 1.89. The molecule has 1 fully saturated rings. The number of anilines is 1. The highest BCUT2D eigenvalue weighted by Crippen LogP contribution is 2.36. The van der Waals surface area contributed by atoms with Gasteiger partial charge in [0.1, 0.15) is 5.69 Å². The van der Waals surface area contributed by atoms with E-state index < -0.39 is 36.8 Å². The minimum absolute atomic E-state index is 0.119. The number of carbonyl (C=O) groups is 1. The molecule has 1 N–H and O–H groups in total. The number of sulfone groups is 1. The van der Waals surface area contributed by atoms with Gasteiger partial charge < -0.3 is 10.2 Å². The van der Waals surface area contributed by atoms with Gasteiger partial charge in [-0.15, -0.1) is 0 Å². The van der Waals surface area contributed by atoms with Gasteiger partial charge in [-0.2, -0.15) is 13.2 Å². The van der Waals surface area contributed by atoms with Crippen molar-refractivity contribution in [3.05, 3.63) is 28.3 Å². The van der Waals surface area contributed by atoms with Gasteiger partial charge in [0.15, 0.2) is 0 Å². The van der Waals surface area contributed by atoms with Gasteiger partial charge in [-0.3, -0.25) is 14.9 Å². The quantitative estimate of drug-likeness (QED) is 0.637. The second-order valence-corrected chi connectivity index (χ2v) is 6.57. The molecule has 0 saturated carbocycles. The molecule has 1 heterocycles. The van der Waals surface area contributed by atoms with E-state index in [0.29, 0.717) is 12.1 Å². The summed E-state index contributed by atoms with van der Waals surface area (Å²) in [6.07, 6.45) is 0. The van der Waals surface area contributed by atoms with Gasteiger partial charge in [-0.25, -0.2) is 8.42 Å². The van der Waals surface area contributed by atoms with E-state index in [0.717, 1.165) is 6.07 Å². The molecule has 1 aromatic carbocycles. The number of nitrogens with zero attached hydrogens (tertiary/aromatic N) is 2. The molecule has 0 unspecified atom stereocenters. The lowest BCUT2D eigenvalue weighted by Crippen LogP contribution is -2.47. The Balaban J connectivity index is 2.52. The van der Waals surface area contributed by atoms with Crippen LogP contribution in [0.3, 0.4) is 0 Å². The third-order valence-electron chi connectivity index (χ3n) is 3.14. The summed E-state index contributed by atoms with van der Waals surface area (Å²) in [7, 11) is -5.69. The number of nitrogens with one attached hydrogen (secondary N) is 1. The summed E-state index contributed by atoms with van der Waals surface area (Å²) in [6.45, 7) is 0.197. The van der Waals surface area contributed by atoms with E-state index in [-0.39, 0.29) is 25.3 Å². The Morgan fingerprint density at radius 2 is 1.96 bits per heavy atom. The van der Waals surface area contributed by atoms with Crippen molar-refractivity contribution >= 4 is 27.1 Å². The second-order valence-electron chi connectivity index (χ2n) is 4.63. The summed E-state index contributed by atoms with van der Waals surface area (Å²) in [4.78, 5) is 21.5. The van der Waals surface area contributed by atoms with Gasteiger partial charge in [0.2, 0.25) is 5.91 Å². The van der Waals surface area contributed by atoms with E-state index in [4.69, 9.17) is 0 Å². The molecule has 0 aliphatic carbocycles. The van der Waals surface area contributed by atoms with Crippen LogP contribution in [0.5, 0.6) is 0 Å². The van der Waals surface area contributed by atoms with Crippen LogP contribution < -0.4 is 10.2 Å². The summed E-state index contributed by atoms with van der Waals surface area (Å²) in [5.41, 5.74) is -6.50. The van der Waals surface area contributed by atoms with Crippen LogP contribution in [0.25, 0.3) is 0 Å². The lowest BCUT2D eigenvalue weighted by Gasteiger charge is -2.28. The third-order valence-corrected chi connectivity index (χ3v) is 4.62. The molecule has 126 valence electrons. The summed E-state index contributed by atoms with van der Waals surface area (Å²) in [5, 5.41) is 13.6. The lowest BCUT2D eigenvalue weighted by atomic mass is 10.2. The van der Waals surface area contributed by atoms with Crippen molar-refractivity contribution in [3.63, 3.8) is 0 Å². The summed E-state index contributed by atoms with van der Waals surface area (Å²) < 4.78 is 60.3. The van der Waals surface area contributed by atoms with Gasteiger partial charge in [-0.05, 0) is 12.1 Å². The van der Waals surface area contributed by atoms with Crippen molar-refractivity contribution in [1.82, 2.24) is 5.32 Å². The van der Waals surface area contributed by atoms with Gasteiger partial charge >= 0.3 is 5.51 Å². The molecule has 0 radical (unpaired) electrons. The van der Waals surface area contributed by atoms with Crippen molar-refractivity contribution in [2.45, 2.75) is 10.4 Å². The Kier molecular flexibility index (Phi) is 4.20. The zero-order chi connectivity index (χ0) is 17.4. The first-order chi connectivity index (χ1) is 10.5. The van der Waals surface area contributed by atoms with E-state index in [1.165, 1.54) is 4.90 Å². The first kappa shape index (κ1) is 17.0. The standard InChI is InChI=1S/C11H10F3N3O5S/c12-11(13,14)23(21,22)7-1-2-8(9(5-7)17(19)20)16-4-3-15-10(18)6-16/h1-2,5H,3-4,6H2,(H,15,18). The van der Waals surface area contributed by atoms with Crippen molar-refractivity contribution in [3.8, 4) is 0 Å². The SMILES string of the molecule is O=C1CN(c2ccc(S(=O)(=O)C(F)(F)F)cc2[N+](=O)[O-])CCN1. The predicted molar refractivity (Wildman–Crippen MR) is 71.6 cm³/mol. The highest BCUT2D eigenvalue weighted by atomic mass is 32.2. The maximum atomic E-state index is 12.5. The number of benzene rings is 1. The molecule has 0 spiro atoms. The number of halogens is 3. The summed E-state index contributed by atoms with van der Waals surface area (Å²) >= 11 is 0. The minimum Gasteiger partial charge on any atom is -0.355 e. The molecule has 1 aliphatic heterocycles. The number of nitro benzene ring substituents is 1. The van der Waals surface area contributed by atoms with Crippen molar-refractivity contribution in [2.24, 2.45) is 0 Å². The number of hydrogen-bond donors (Lipinski definition) is 1. The molecule has 0 aromatic heterocycles. The smallest absolute Gasteiger partial charge is 0.355 e. The maximum absolute atomic E-state index is 12.5. The van der Waals surface area contributed by atoms with Crippen LogP contribution in [0.15, 0.2) is 23.1 Å². The molecule has 8 nitrogen and oxygen atoms in total. The van der Waals surface area contributed by atoms with Crippen LogP contribution in [0.1, 0.15) is 0 Å². The average molecular weight is 353 g/mol. The van der Waals surface area contributed by atoms with Crippen molar-refractivity contribution < 1.29 is 31.3 Å². The number of nitro groups is 1. The van der Waals surface area contributed by atoms with E-state index >= 15 is 0 Å². The normalized spacial score (nSPS) is 16.1. The second kappa shape index (κ2) is 5.68. The molecule has 0 atom stereocenters. The number of hydrogen-bond acceptors (Lipinski definition) is 6. The number of piperazine rings is 1. The fourth-order valence-corrected chi connectivity index (χ4v) is 2.84. The Morgan fingerprint density at radius 3 is 2.48 bits per heavy atom. The van der Waals surface area contributed by atoms with Crippen LogP contribution >= 0.6 is 0 Å². The van der Waals surface area contributed by atoms with E-state index in [9.17, 15) is 36.5 Å². The van der Waals surface area contributed by atoms with Gasteiger partial charge in [0, 0.05) is 19.2 Å². The molecule has 0 bridgehead atoms. The Morgan fingerprint density at radius 1 is 1.30 bits per heavy atom. The van der Waals surface area contributed by atoms with Crippen LogP contribution in [0.4, 0.5) is 24.5 Å². The molecule has 1 aromatic rings. The molecule has 1 aliphatic rings. The Bertz CT molecular complexity index is 763. The number of rotatable bonds is 3. The molecule has 2 rings (SSSR count). The lowest BCUT2D eigenvalue weighted by molar-refractivity contribution is -0.384. The Labute approximate surface area is 127 Å². The van der Waals surface area contributed by atoms with Crippen molar-refractivity contribution in [2.75, 3.05) is 24.5 Å². The fraction of sp³-hybridized carbons (Fsp3) is 0.364. The molecule has 1 amide bonds. The number of carbonyl (C=O) groups excluding carboxylic acids is 1. The molecule has 12 heteroatoms. The molecular formula is C11H10F3N3O5S. The van der Waals surface area contributed by atoms with E-state index in [2.05, 4.69) is 5.32 Å². The highest BCUT2D eigenvalue weighted by Gasteiger charge is 2.47.